The standard InChI is InChI=1S/C17H22N2O/c1-13(20)11-15-5-4-10-19(15)12-14-8-9-18-17-7-3-2-6-16(14)17/h2-3,6-9,13,15,20H,4-5,10-12H2,1H3. The van der Waals surface area contributed by atoms with Crippen molar-refractivity contribution < 1.29 is 5.11 Å². The molecule has 106 valence electrons. The molecule has 2 unspecified atom stereocenters. The number of fused-ring (bicyclic) bond motifs is 1. The quantitative estimate of drug-likeness (QED) is 0.928. The summed E-state index contributed by atoms with van der Waals surface area (Å²) in [6.07, 6.45) is 5.00. The van der Waals surface area contributed by atoms with Crippen LogP contribution in [0, 0.1) is 0 Å². The van der Waals surface area contributed by atoms with Crippen molar-refractivity contribution in [2.75, 3.05) is 6.54 Å². The number of hydrogen-bond acceptors (Lipinski definition) is 3. The zero-order valence-corrected chi connectivity index (χ0v) is 12.0. The Balaban J connectivity index is 1.82. The molecule has 1 fully saturated rings. The van der Waals surface area contributed by atoms with Gasteiger partial charge in [0.2, 0.25) is 0 Å². The highest BCUT2D eigenvalue weighted by Gasteiger charge is 2.25. The Morgan fingerprint density at radius 3 is 3.05 bits per heavy atom. The maximum Gasteiger partial charge on any atom is 0.0705 e. The molecule has 0 saturated carbocycles. The lowest BCUT2D eigenvalue weighted by Gasteiger charge is -2.26. The van der Waals surface area contributed by atoms with Crippen molar-refractivity contribution in [1.29, 1.82) is 0 Å². The Hall–Kier alpha value is -1.45. The SMILES string of the molecule is CC(O)CC1CCCN1Cc1ccnc2ccccc12. The third kappa shape index (κ3) is 2.84. The number of para-hydroxylation sites is 1. The Labute approximate surface area is 120 Å². The zero-order chi connectivity index (χ0) is 13.9. The topological polar surface area (TPSA) is 36.4 Å². The molecule has 1 saturated heterocycles. The molecule has 1 aromatic carbocycles. The number of aromatic nitrogens is 1. The fraction of sp³-hybridized carbons (Fsp3) is 0.471. The third-order valence-electron chi connectivity index (χ3n) is 4.23. The highest BCUT2D eigenvalue weighted by molar-refractivity contribution is 5.81. The number of aliphatic hydroxyl groups excluding tert-OH is 1. The van der Waals surface area contributed by atoms with Gasteiger partial charge in [-0.2, -0.15) is 0 Å². The normalized spacial score (nSPS) is 21.4. The van der Waals surface area contributed by atoms with Gasteiger partial charge in [0.1, 0.15) is 0 Å². The lowest BCUT2D eigenvalue weighted by atomic mass is 10.1. The molecule has 0 amide bonds. The summed E-state index contributed by atoms with van der Waals surface area (Å²) in [6, 6.07) is 11.0. The zero-order valence-electron chi connectivity index (χ0n) is 12.0. The molecular weight excluding hydrogens is 248 g/mol. The van der Waals surface area contributed by atoms with Gasteiger partial charge in [-0.3, -0.25) is 9.88 Å². The number of likely N-dealkylation sites (tertiary alicyclic amines) is 1. The van der Waals surface area contributed by atoms with Gasteiger partial charge in [-0.05, 0) is 50.4 Å². The van der Waals surface area contributed by atoms with E-state index in [1.54, 1.807) is 0 Å². The fourth-order valence-corrected chi connectivity index (χ4v) is 3.28. The predicted octanol–water partition coefficient (Wildman–Crippen LogP) is 2.97. The van der Waals surface area contributed by atoms with Crippen molar-refractivity contribution in [1.82, 2.24) is 9.88 Å². The van der Waals surface area contributed by atoms with Crippen LogP contribution in [0.25, 0.3) is 10.9 Å². The second-order valence-electron chi connectivity index (χ2n) is 5.84. The lowest BCUT2D eigenvalue weighted by Crippen LogP contribution is -2.31. The first-order valence-corrected chi connectivity index (χ1v) is 7.49. The Morgan fingerprint density at radius 2 is 2.20 bits per heavy atom. The van der Waals surface area contributed by atoms with Crippen molar-refractivity contribution >= 4 is 10.9 Å². The van der Waals surface area contributed by atoms with Gasteiger partial charge in [0, 0.05) is 24.2 Å². The summed E-state index contributed by atoms with van der Waals surface area (Å²) in [5.41, 5.74) is 2.41. The van der Waals surface area contributed by atoms with Crippen LogP contribution in [0.3, 0.4) is 0 Å². The number of pyridine rings is 1. The van der Waals surface area contributed by atoms with Crippen LogP contribution in [0.15, 0.2) is 36.5 Å². The maximum absolute atomic E-state index is 9.63. The molecule has 20 heavy (non-hydrogen) atoms. The van der Waals surface area contributed by atoms with E-state index in [2.05, 4.69) is 34.1 Å². The van der Waals surface area contributed by atoms with Gasteiger partial charge in [0.15, 0.2) is 0 Å². The van der Waals surface area contributed by atoms with E-state index >= 15 is 0 Å². The molecule has 1 aliphatic rings. The van der Waals surface area contributed by atoms with E-state index in [0.717, 1.165) is 25.0 Å². The summed E-state index contributed by atoms with van der Waals surface area (Å²) >= 11 is 0. The molecule has 1 aliphatic heterocycles. The first-order chi connectivity index (χ1) is 9.74. The highest BCUT2D eigenvalue weighted by atomic mass is 16.3. The van der Waals surface area contributed by atoms with Crippen molar-refractivity contribution in [3.05, 3.63) is 42.1 Å². The minimum Gasteiger partial charge on any atom is -0.393 e. The molecule has 2 atom stereocenters. The van der Waals surface area contributed by atoms with Gasteiger partial charge in [-0.1, -0.05) is 18.2 Å². The van der Waals surface area contributed by atoms with Crippen LogP contribution >= 0.6 is 0 Å². The Morgan fingerprint density at radius 1 is 1.35 bits per heavy atom. The molecular formula is C17H22N2O. The summed E-state index contributed by atoms with van der Waals surface area (Å²) in [5.74, 6) is 0. The Kier molecular flexibility index (Phi) is 3.99. The number of aliphatic hydroxyl groups is 1. The van der Waals surface area contributed by atoms with Crippen molar-refractivity contribution in [3.8, 4) is 0 Å². The molecule has 0 radical (unpaired) electrons. The minimum absolute atomic E-state index is 0.213. The molecule has 3 nitrogen and oxygen atoms in total. The molecule has 1 N–H and O–H groups in total. The van der Waals surface area contributed by atoms with E-state index in [1.165, 1.54) is 23.8 Å². The average Bonchev–Trinajstić information content (AvgIpc) is 2.86. The molecule has 3 heteroatoms. The molecule has 3 rings (SSSR count). The minimum atomic E-state index is -0.213. The van der Waals surface area contributed by atoms with E-state index < -0.39 is 0 Å². The van der Waals surface area contributed by atoms with Crippen LogP contribution in [-0.2, 0) is 6.54 Å². The largest absolute Gasteiger partial charge is 0.393 e. The molecule has 0 bridgehead atoms. The lowest BCUT2D eigenvalue weighted by molar-refractivity contribution is 0.131. The van der Waals surface area contributed by atoms with Crippen LogP contribution < -0.4 is 0 Å². The maximum atomic E-state index is 9.63. The van der Waals surface area contributed by atoms with Gasteiger partial charge in [-0.15, -0.1) is 0 Å². The summed E-state index contributed by atoms with van der Waals surface area (Å²) < 4.78 is 0. The third-order valence-corrected chi connectivity index (χ3v) is 4.23. The predicted molar refractivity (Wildman–Crippen MR) is 81.5 cm³/mol. The highest BCUT2D eigenvalue weighted by Crippen LogP contribution is 2.26. The van der Waals surface area contributed by atoms with Crippen LogP contribution in [0.2, 0.25) is 0 Å². The summed E-state index contributed by atoms with van der Waals surface area (Å²) in [7, 11) is 0. The van der Waals surface area contributed by atoms with E-state index in [-0.39, 0.29) is 6.10 Å². The smallest absolute Gasteiger partial charge is 0.0705 e. The Bertz CT molecular complexity index is 577. The number of benzene rings is 1. The first kappa shape index (κ1) is 13.5. The summed E-state index contributed by atoms with van der Waals surface area (Å²) in [4.78, 5) is 6.93. The summed E-state index contributed by atoms with van der Waals surface area (Å²) in [6.45, 7) is 3.98. The molecule has 0 spiro atoms. The second-order valence-corrected chi connectivity index (χ2v) is 5.84. The van der Waals surface area contributed by atoms with Gasteiger partial charge >= 0.3 is 0 Å². The van der Waals surface area contributed by atoms with Gasteiger partial charge < -0.3 is 5.11 Å². The van der Waals surface area contributed by atoms with Gasteiger partial charge in [0.25, 0.3) is 0 Å². The molecule has 2 aromatic rings. The van der Waals surface area contributed by atoms with Crippen molar-refractivity contribution in [2.45, 2.75) is 44.9 Å². The van der Waals surface area contributed by atoms with Crippen LogP contribution in [0.5, 0.6) is 0 Å². The van der Waals surface area contributed by atoms with Crippen LogP contribution in [0.1, 0.15) is 31.7 Å². The molecule has 2 heterocycles. The van der Waals surface area contributed by atoms with E-state index in [4.69, 9.17) is 0 Å². The van der Waals surface area contributed by atoms with Gasteiger partial charge in [0.05, 0.1) is 11.6 Å². The van der Waals surface area contributed by atoms with Crippen molar-refractivity contribution in [3.63, 3.8) is 0 Å². The second kappa shape index (κ2) is 5.90. The van der Waals surface area contributed by atoms with E-state index in [1.807, 2.05) is 19.2 Å². The fourth-order valence-electron chi connectivity index (χ4n) is 3.28. The monoisotopic (exact) mass is 270 g/mol. The molecule has 0 aliphatic carbocycles. The average molecular weight is 270 g/mol. The number of nitrogens with zero attached hydrogens (tertiary/aromatic N) is 2. The molecule has 1 aromatic heterocycles. The van der Waals surface area contributed by atoms with E-state index in [0.29, 0.717) is 6.04 Å². The van der Waals surface area contributed by atoms with Gasteiger partial charge in [-0.25, -0.2) is 0 Å². The summed E-state index contributed by atoms with van der Waals surface area (Å²) in [5, 5.41) is 10.9. The van der Waals surface area contributed by atoms with E-state index in [9.17, 15) is 5.11 Å². The number of hydrogen-bond donors (Lipinski definition) is 1. The first-order valence-electron chi connectivity index (χ1n) is 7.49. The van der Waals surface area contributed by atoms with Crippen molar-refractivity contribution in [2.24, 2.45) is 0 Å². The number of rotatable bonds is 4. The van der Waals surface area contributed by atoms with Crippen LogP contribution in [-0.4, -0.2) is 33.7 Å². The van der Waals surface area contributed by atoms with Crippen LogP contribution in [0.4, 0.5) is 0 Å².